The third-order valence-corrected chi connectivity index (χ3v) is 4.44. The molecule has 2 aromatic rings. The molecule has 8 heteroatoms. The van der Waals surface area contributed by atoms with Crippen LogP contribution in [-0.2, 0) is 9.59 Å². The Bertz CT molecular complexity index is 844. The van der Waals surface area contributed by atoms with Gasteiger partial charge in [-0.15, -0.1) is 0 Å². The SMILES string of the molecule is Cc1ccc(OCC(=O)NNC(=O)C(C)Oc2ccc(Cl)cc2Br)c(C)c1. The van der Waals surface area contributed by atoms with Crippen LogP contribution in [0.15, 0.2) is 40.9 Å². The van der Waals surface area contributed by atoms with Crippen molar-refractivity contribution < 1.29 is 19.1 Å². The molecule has 0 spiro atoms. The molecular weight excluding hydrogens is 436 g/mol. The van der Waals surface area contributed by atoms with Crippen LogP contribution in [0.2, 0.25) is 5.02 Å². The third-order valence-electron chi connectivity index (χ3n) is 3.58. The average Bonchev–Trinajstić information content (AvgIpc) is 2.61. The van der Waals surface area contributed by atoms with Crippen LogP contribution in [0, 0.1) is 13.8 Å². The second-order valence-corrected chi connectivity index (χ2v) is 7.22. The molecule has 1 atom stereocenters. The van der Waals surface area contributed by atoms with Gasteiger partial charge in [0.05, 0.1) is 4.47 Å². The molecule has 6 nitrogen and oxygen atoms in total. The molecule has 0 fully saturated rings. The first-order chi connectivity index (χ1) is 12.8. The van der Waals surface area contributed by atoms with Gasteiger partial charge in [0.25, 0.3) is 11.8 Å². The molecule has 0 aliphatic heterocycles. The summed E-state index contributed by atoms with van der Waals surface area (Å²) >= 11 is 9.18. The number of hydrogen-bond donors (Lipinski definition) is 2. The minimum Gasteiger partial charge on any atom is -0.483 e. The molecule has 0 aliphatic rings. The number of halogens is 2. The predicted octanol–water partition coefficient (Wildman–Crippen LogP) is 3.71. The number of nitrogens with one attached hydrogen (secondary N) is 2. The summed E-state index contributed by atoms with van der Waals surface area (Å²) in [5.41, 5.74) is 6.65. The van der Waals surface area contributed by atoms with Crippen LogP contribution in [0.1, 0.15) is 18.1 Å². The van der Waals surface area contributed by atoms with Crippen LogP contribution in [0.3, 0.4) is 0 Å². The molecule has 144 valence electrons. The number of benzene rings is 2. The summed E-state index contributed by atoms with van der Waals surface area (Å²) in [6.07, 6.45) is -0.831. The van der Waals surface area contributed by atoms with Crippen LogP contribution >= 0.6 is 27.5 Å². The fraction of sp³-hybridized carbons (Fsp3) is 0.263. The molecule has 2 amide bonds. The number of amides is 2. The fourth-order valence-corrected chi connectivity index (χ4v) is 2.96. The summed E-state index contributed by atoms with van der Waals surface area (Å²) in [5, 5.41) is 0.544. The first kappa shape index (κ1) is 21.1. The maximum atomic E-state index is 12.1. The highest BCUT2D eigenvalue weighted by molar-refractivity contribution is 9.10. The van der Waals surface area contributed by atoms with E-state index in [2.05, 4.69) is 26.8 Å². The highest BCUT2D eigenvalue weighted by Gasteiger charge is 2.17. The van der Waals surface area contributed by atoms with E-state index in [1.807, 2.05) is 26.0 Å². The number of hydrogen-bond acceptors (Lipinski definition) is 4. The van der Waals surface area contributed by atoms with Gasteiger partial charge < -0.3 is 9.47 Å². The Kier molecular flexibility index (Phi) is 7.50. The molecule has 0 aliphatic carbocycles. The van der Waals surface area contributed by atoms with Crippen molar-refractivity contribution in [3.05, 3.63) is 57.0 Å². The second kappa shape index (κ2) is 9.62. The lowest BCUT2D eigenvalue weighted by Crippen LogP contribution is -2.48. The number of carbonyl (C=O) groups is 2. The zero-order valence-corrected chi connectivity index (χ0v) is 17.5. The molecular formula is C19H20BrClN2O4. The molecule has 27 heavy (non-hydrogen) atoms. The van der Waals surface area contributed by atoms with Crippen LogP contribution in [-0.4, -0.2) is 24.5 Å². The van der Waals surface area contributed by atoms with E-state index in [0.29, 0.717) is 21.0 Å². The molecule has 0 saturated carbocycles. The summed E-state index contributed by atoms with van der Waals surface area (Å²) < 4.78 is 11.6. The van der Waals surface area contributed by atoms with E-state index in [1.165, 1.54) is 0 Å². The van der Waals surface area contributed by atoms with Crippen LogP contribution in [0.25, 0.3) is 0 Å². The lowest BCUT2D eigenvalue weighted by Gasteiger charge is -2.16. The topological polar surface area (TPSA) is 76.7 Å². The Morgan fingerprint density at radius 1 is 1.11 bits per heavy atom. The lowest BCUT2D eigenvalue weighted by atomic mass is 10.1. The van der Waals surface area contributed by atoms with Crippen molar-refractivity contribution in [3.8, 4) is 11.5 Å². The van der Waals surface area contributed by atoms with Gasteiger partial charge in [-0.25, -0.2) is 0 Å². The van der Waals surface area contributed by atoms with Crippen LogP contribution in [0.5, 0.6) is 11.5 Å². The van der Waals surface area contributed by atoms with Crippen LogP contribution < -0.4 is 20.3 Å². The van der Waals surface area contributed by atoms with Crippen LogP contribution in [0.4, 0.5) is 0 Å². The molecule has 0 bridgehead atoms. The van der Waals surface area contributed by atoms with Gasteiger partial charge in [0, 0.05) is 5.02 Å². The van der Waals surface area contributed by atoms with Gasteiger partial charge in [0.2, 0.25) is 0 Å². The summed E-state index contributed by atoms with van der Waals surface area (Å²) in [6, 6.07) is 10.6. The standard InChI is InChI=1S/C19H20BrClN2O4/c1-11-4-6-16(12(2)8-11)26-10-18(24)22-23-19(25)13(3)27-17-7-5-14(21)9-15(17)20/h4-9,13H,10H2,1-3H3,(H,22,24)(H,23,25). The zero-order chi connectivity index (χ0) is 20.0. The van der Waals surface area contributed by atoms with Gasteiger partial charge in [-0.3, -0.25) is 20.4 Å². The van der Waals surface area contributed by atoms with E-state index in [1.54, 1.807) is 31.2 Å². The van der Waals surface area contributed by atoms with Crippen molar-refractivity contribution in [2.24, 2.45) is 0 Å². The Labute approximate surface area is 171 Å². The summed E-state index contributed by atoms with van der Waals surface area (Å²) in [6.45, 7) is 5.22. The van der Waals surface area contributed by atoms with Gasteiger partial charge in [-0.1, -0.05) is 29.3 Å². The van der Waals surface area contributed by atoms with Crippen molar-refractivity contribution in [2.45, 2.75) is 26.9 Å². The van der Waals surface area contributed by atoms with E-state index in [9.17, 15) is 9.59 Å². The lowest BCUT2D eigenvalue weighted by molar-refractivity contribution is -0.133. The van der Waals surface area contributed by atoms with E-state index in [0.717, 1.165) is 11.1 Å². The van der Waals surface area contributed by atoms with Gasteiger partial charge in [-0.05, 0) is 66.5 Å². The van der Waals surface area contributed by atoms with Crippen molar-refractivity contribution in [1.29, 1.82) is 0 Å². The number of carbonyl (C=O) groups excluding carboxylic acids is 2. The summed E-state index contributed by atoms with van der Waals surface area (Å²) in [4.78, 5) is 23.9. The first-order valence-electron chi connectivity index (χ1n) is 8.16. The second-order valence-electron chi connectivity index (χ2n) is 5.93. The number of hydrazine groups is 1. The molecule has 0 aromatic heterocycles. The molecule has 2 N–H and O–H groups in total. The average molecular weight is 456 g/mol. The minimum atomic E-state index is -0.831. The van der Waals surface area contributed by atoms with Crippen molar-refractivity contribution >= 4 is 39.3 Å². The van der Waals surface area contributed by atoms with E-state index in [-0.39, 0.29) is 6.61 Å². The monoisotopic (exact) mass is 454 g/mol. The maximum Gasteiger partial charge on any atom is 0.279 e. The largest absolute Gasteiger partial charge is 0.483 e. The molecule has 0 heterocycles. The maximum absolute atomic E-state index is 12.1. The first-order valence-corrected chi connectivity index (χ1v) is 9.34. The third kappa shape index (κ3) is 6.45. The molecule has 0 radical (unpaired) electrons. The van der Waals surface area contributed by atoms with Gasteiger partial charge >= 0.3 is 0 Å². The number of aryl methyl sites for hydroxylation is 2. The number of rotatable bonds is 6. The van der Waals surface area contributed by atoms with Crippen molar-refractivity contribution in [2.75, 3.05) is 6.61 Å². The van der Waals surface area contributed by atoms with Gasteiger partial charge in [0.1, 0.15) is 11.5 Å². The minimum absolute atomic E-state index is 0.220. The van der Waals surface area contributed by atoms with Crippen molar-refractivity contribution in [3.63, 3.8) is 0 Å². The van der Waals surface area contributed by atoms with Gasteiger partial charge in [-0.2, -0.15) is 0 Å². The number of ether oxygens (including phenoxy) is 2. The fourth-order valence-electron chi connectivity index (χ4n) is 2.19. The Hall–Kier alpha value is -2.25. The molecule has 2 rings (SSSR count). The Morgan fingerprint density at radius 2 is 1.81 bits per heavy atom. The smallest absolute Gasteiger partial charge is 0.279 e. The molecule has 2 aromatic carbocycles. The molecule has 1 unspecified atom stereocenters. The highest BCUT2D eigenvalue weighted by Crippen LogP contribution is 2.28. The van der Waals surface area contributed by atoms with E-state index in [4.69, 9.17) is 21.1 Å². The van der Waals surface area contributed by atoms with Crippen molar-refractivity contribution in [1.82, 2.24) is 10.9 Å². The van der Waals surface area contributed by atoms with E-state index >= 15 is 0 Å². The van der Waals surface area contributed by atoms with Gasteiger partial charge in [0.15, 0.2) is 12.7 Å². The summed E-state index contributed by atoms with van der Waals surface area (Å²) in [7, 11) is 0. The predicted molar refractivity (Wildman–Crippen MR) is 107 cm³/mol. The Balaban J connectivity index is 1.79. The highest BCUT2D eigenvalue weighted by atomic mass is 79.9. The normalized spacial score (nSPS) is 11.4. The quantitative estimate of drug-likeness (QED) is 0.651. The zero-order valence-electron chi connectivity index (χ0n) is 15.1. The Morgan fingerprint density at radius 3 is 2.48 bits per heavy atom. The molecule has 0 saturated heterocycles. The summed E-state index contributed by atoms with van der Waals surface area (Å²) in [5.74, 6) is 0.0952. The van der Waals surface area contributed by atoms with E-state index < -0.39 is 17.9 Å².